The third-order valence-corrected chi connectivity index (χ3v) is 2.35. The summed E-state index contributed by atoms with van der Waals surface area (Å²) < 4.78 is 5.33. The van der Waals surface area contributed by atoms with Gasteiger partial charge in [-0.15, -0.1) is 0 Å². The molecular formula is C12H19N3O. The Kier molecular flexibility index (Phi) is 4.64. The van der Waals surface area contributed by atoms with E-state index in [0.29, 0.717) is 6.54 Å². The summed E-state index contributed by atoms with van der Waals surface area (Å²) in [4.78, 5) is 4.05. The zero-order valence-corrected chi connectivity index (χ0v) is 10.3. The molecule has 0 aliphatic carbocycles. The normalized spacial score (nSPS) is 11.1. The molecule has 16 heavy (non-hydrogen) atoms. The number of benzene rings is 1. The Bertz CT molecular complexity index is 375. The SMILES string of the molecule is CN=C(NC)NCc1ccc(C)cc1OC. The van der Waals surface area contributed by atoms with Crippen LogP contribution in [-0.4, -0.2) is 27.2 Å². The van der Waals surface area contributed by atoms with Gasteiger partial charge in [-0.1, -0.05) is 12.1 Å². The van der Waals surface area contributed by atoms with Crippen LogP contribution in [0.4, 0.5) is 0 Å². The molecule has 0 saturated carbocycles. The van der Waals surface area contributed by atoms with Crippen LogP contribution in [0.2, 0.25) is 0 Å². The first-order valence-corrected chi connectivity index (χ1v) is 5.23. The zero-order valence-electron chi connectivity index (χ0n) is 10.3. The lowest BCUT2D eigenvalue weighted by Crippen LogP contribution is -2.34. The Balaban J connectivity index is 2.73. The number of nitrogens with one attached hydrogen (secondary N) is 2. The quantitative estimate of drug-likeness (QED) is 0.597. The van der Waals surface area contributed by atoms with Crippen molar-refractivity contribution in [1.82, 2.24) is 10.6 Å². The minimum atomic E-state index is 0.691. The van der Waals surface area contributed by atoms with Crippen LogP contribution < -0.4 is 15.4 Å². The summed E-state index contributed by atoms with van der Waals surface area (Å²) in [6.07, 6.45) is 0. The van der Waals surface area contributed by atoms with Crippen LogP contribution in [0.15, 0.2) is 23.2 Å². The fourth-order valence-electron chi connectivity index (χ4n) is 1.46. The van der Waals surface area contributed by atoms with Crippen molar-refractivity contribution in [3.8, 4) is 5.75 Å². The highest BCUT2D eigenvalue weighted by Gasteiger charge is 2.03. The molecule has 1 aromatic carbocycles. The predicted molar refractivity (Wildman–Crippen MR) is 67.0 cm³/mol. The fraction of sp³-hybridized carbons (Fsp3) is 0.417. The van der Waals surface area contributed by atoms with Gasteiger partial charge in [-0.25, -0.2) is 0 Å². The first-order chi connectivity index (χ1) is 7.71. The number of aryl methyl sites for hydroxylation is 1. The molecule has 1 rings (SSSR count). The van der Waals surface area contributed by atoms with Gasteiger partial charge in [0.15, 0.2) is 5.96 Å². The Labute approximate surface area is 96.7 Å². The van der Waals surface area contributed by atoms with Crippen molar-refractivity contribution >= 4 is 5.96 Å². The van der Waals surface area contributed by atoms with Gasteiger partial charge in [0, 0.05) is 26.2 Å². The van der Waals surface area contributed by atoms with E-state index < -0.39 is 0 Å². The van der Waals surface area contributed by atoms with Crippen LogP contribution in [0.1, 0.15) is 11.1 Å². The second kappa shape index (κ2) is 6.00. The summed E-state index contributed by atoms with van der Waals surface area (Å²) >= 11 is 0. The van der Waals surface area contributed by atoms with Gasteiger partial charge in [-0.05, 0) is 18.6 Å². The molecule has 0 aliphatic heterocycles. The first-order valence-electron chi connectivity index (χ1n) is 5.23. The number of aliphatic imine (C=N–C) groups is 1. The molecule has 0 heterocycles. The maximum Gasteiger partial charge on any atom is 0.190 e. The number of guanidine groups is 1. The van der Waals surface area contributed by atoms with Crippen molar-refractivity contribution in [2.24, 2.45) is 4.99 Å². The molecule has 0 atom stereocenters. The van der Waals surface area contributed by atoms with Crippen LogP contribution in [0.5, 0.6) is 5.75 Å². The summed E-state index contributed by atoms with van der Waals surface area (Å²) in [5, 5.41) is 6.16. The molecule has 1 aromatic rings. The van der Waals surface area contributed by atoms with Crippen LogP contribution in [-0.2, 0) is 6.54 Å². The minimum Gasteiger partial charge on any atom is -0.496 e. The number of methoxy groups -OCH3 is 1. The number of hydrogen-bond acceptors (Lipinski definition) is 2. The second-order valence-electron chi connectivity index (χ2n) is 3.49. The molecular weight excluding hydrogens is 202 g/mol. The van der Waals surface area contributed by atoms with Gasteiger partial charge in [-0.3, -0.25) is 4.99 Å². The maximum atomic E-state index is 5.33. The number of nitrogens with zero attached hydrogens (tertiary/aromatic N) is 1. The number of rotatable bonds is 3. The second-order valence-corrected chi connectivity index (χ2v) is 3.49. The van der Waals surface area contributed by atoms with Gasteiger partial charge in [0.2, 0.25) is 0 Å². The van der Waals surface area contributed by atoms with Crippen molar-refractivity contribution in [3.05, 3.63) is 29.3 Å². The van der Waals surface area contributed by atoms with Crippen molar-refractivity contribution in [2.45, 2.75) is 13.5 Å². The molecule has 0 saturated heterocycles. The van der Waals surface area contributed by atoms with Crippen LogP contribution in [0.3, 0.4) is 0 Å². The third kappa shape index (κ3) is 3.15. The Hall–Kier alpha value is -1.71. The summed E-state index contributed by atoms with van der Waals surface area (Å²) in [6, 6.07) is 6.16. The van der Waals surface area contributed by atoms with E-state index in [1.165, 1.54) is 5.56 Å². The highest BCUT2D eigenvalue weighted by atomic mass is 16.5. The lowest BCUT2D eigenvalue weighted by atomic mass is 10.1. The van der Waals surface area contributed by atoms with E-state index in [4.69, 9.17) is 4.74 Å². The highest BCUT2D eigenvalue weighted by molar-refractivity contribution is 5.79. The van der Waals surface area contributed by atoms with E-state index in [1.54, 1.807) is 14.2 Å². The molecule has 0 bridgehead atoms. The van der Waals surface area contributed by atoms with Gasteiger partial charge >= 0.3 is 0 Å². The molecule has 0 amide bonds. The molecule has 0 spiro atoms. The molecule has 0 aromatic heterocycles. The molecule has 88 valence electrons. The lowest BCUT2D eigenvalue weighted by molar-refractivity contribution is 0.408. The Morgan fingerprint density at radius 3 is 2.75 bits per heavy atom. The predicted octanol–water partition coefficient (Wildman–Crippen LogP) is 1.30. The fourth-order valence-corrected chi connectivity index (χ4v) is 1.46. The minimum absolute atomic E-state index is 0.691. The van der Waals surface area contributed by atoms with Crippen LogP contribution in [0.25, 0.3) is 0 Å². The van der Waals surface area contributed by atoms with Gasteiger partial charge in [0.1, 0.15) is 5.75 Å². The van der Waals surface area contributed by atoms with Crippen molar-refractivity contribution < 1.29 is 4.74 Å². The van der Waals surface area contributed by atoms with E-state index in [9.17, 15) is 0 Å². The summed E-state index contributed by atoms with van der Waals surface area (Å²) in [6.45, 7) is 2.74. The summed E-state index contributed by atoms with van der Waals surface area (Å²) in [5.74, 6) is 1.67. The highest BCUT2D eigenvalue weighted by Crippen LogP contribution is 2.19. The third-order valence-electron chi connectivity index (χ3n) is 2.35. The molecule has 2 N–H and O–H groups in total. The smallest absolute Gasteiger partial charge is 0.190 e. The van der Waals surface area contributed by atoms with Gasteiger partial charge in [0.25, 0.3) is 0 Å². The zero-order chi connectivity index (χ0) is 12.0. The number of ether oxygens (including phenoxy) is 1. The largest absolute Gasteiger partial charge is 0.496 e. The average Bonchev–Trinajstić information content (AvgIpc) is 2.31. The Morgan fingerprint density at radius 2 is 2.19 bits per heavy atom. The molecule has 4 nitrogen and oxygen atoms in total. The maximum absolute atomic E-state index is 5.33. The lowest BCUT2D eigenvalue weighted by Gasteiger charge is -2.12. The molecule has 4 heteroatoms. The monoisotopic (exact) mass is 221 g/mol. The van der Waals surface area contributed by atoms with Gasteiger partial charge in [0.05, 0.1) is 7.11 Å². The molecule has 0 unspecified atom stereocenters. The Morgan fingerprint density at radius 1 is 1.44 bits per heavy atom. The number of hydrogen-bond donors (Lipinski definition) is 2. The molecule has 0 fully saturated rings. The van der Waals surface area contributed by atoms with Crippen LogP contribution in [0, 0.1) is 6.92 Å². The first kappa shape index (κ1) is 12.4. The van der Waals surface area contributed by atoms with Gasteiger partial charge < -0.3 is 15.4 Å². The van der Waals surface area contributed by atoms with Crippen molar-refractivity contribution in [1.29, 1.82) is 0 Å². The molecule has 0 aliphatic rings. The van der Waals surface area contributed by atoms with E-state index >= 15 is 0 Å². The van der Waals surface area contributed by atoms with E-state index in [0.717, 1.165) is 17.3 Å². The van der Waals surface area contributed by atoms with E-state index in [2.05, 4.69) is 27.8 Å². The standard InChI is InChI=1S/C12H19N3O/c1-9-5-6-10(11(7-9)16-4)8-15-12(13-2)14-3/h5-7H,8H2,1-4H3,(H2,13,14,15). The van der Waals surface area contributed by atoms with Crippen molar-refractivity contribution in [2.75, 3.05) is 21.2 Å². The van der Waals surface area contributed by atoms with E-state index in [-0.39, 0.29) is 0 Å². The molecule has 0 radical (unpaired) electrons. The van der Waals surface area contributed by atoms with Crippen LogP contribution >= 0.6 is 0 Å². The van der Waals surface area contributed by atoms with Crippen molar-refractivity contribution in [3.63, 3.8) is 0 Å². The summed E-state index contributed by atoms with van der Waals surface area (Å²) in [5.41, 5.74) is 2.31. The van der Waals surface area contributed by atoms with Gasteiger partial charge in [-0.2, -0.15) is 0 Å². The topological polar surface area (TPSA) is 45.7 Å². The average molecular weight is 221 g/mol. The summed E-state index contributed by atoms with van der Waals surface area (Å²) in [7, 11) is 5.26. The van der Waals surface area contributed by atoms with E-state index in [1.807, 2.05) is 20.0 Å².